The van der Waals surface area contributed by atoms with Crippen molar-refractivity contribution in [2.45, 2.75) is 25.1 Å². The molecule has 4 nitrogen and oxygen atoms in total. The van der Waals surface area contributed by atoms with Crippen molar-refractivity contribution in [2.24, 2.45) is 0 Å². The van der Waals surface area contributed by atoms with Crippen LogP contribution in [0.15, 0.2) is 24.3 Å². The molecule has 0 fully saturated rings. The van der Waals surface area contributed by atoms with Gasteiger partial charge < -0.3 is 5.73 Å². The third-order valence-electron chi connectivity index (χ3n) is 3.10. The van der Waals surface area contributed by atoms with Crippen LogP contribution in [0, 0.1) is 0 Å². The first kappa shape index (κ1) is 16.3. The van der Waals surface area contributed by atoms with Crippen LogP contribution in [-0.2, 0) is 15.8 Å². The summed E-state index contributed by atoms with van der Waals surface area (Å²) in [6.07, 6.45) is 2.88. The number of hydrogen-bond donors (Lipinski definition) is 1. The van der Waals surface area contributed by atoms with E-state index >= 15 is 0 Å². The van der Waals surface area contributed by atoms with Crippen molar-refractivity contribution >= 4 is 27.5 Å². The van der Waals surface area contributed by atoms with Crippen LogP contribution in [0.4, 0.5) is 5.69 Å². The molecule has 0 aliphatic carbocycles. The van der Waals surface area contributed by atoms with Gasteiger partial charge in [0.2, 0.25) is 10.0 Å². The van der Waals surface area contributed by atoms with E-state index in [0.717, 1.165) is 17.7 Å². The lowest BCUT2D eigenvalue weighted by atomic mass is 10.2. The van der Waals surface area contributed by atoms with Gasteiger partial charge >= 0.3 is 0 Å². The van der Waals surface area contributed by atoms with Gasteiger partial charge in [-0.3, -0.25) is 0 Å². The molecule has 0 amide bonds. The summed E-state index contributed by atoms with van der Waals surface area (Å²) in [7, 11) is -1.65. The molecule has 1 rings (SSSR count). The highest BCUT2D eigenvalue weighted by Gasteiger charge is 2.23. The molecule has 0 radical (unpaired) electrons. The number of anilines is 1. The SMILES string of the molecule is CSCCC(C)N(C)S(=O)(=O)Cc1cccc(N)c1. The van der Waals surface area contributed by atoms with Crippen LogP contribution in [0.5, 0.6) is 0 Å². The Labute approximate surface area is 120 Å². The Morgan fingerprint density at radius 1 is 1.42 bits per heavy atom. The van der Waals surface area contributed by atoms with Gasteiger partial charge in [0.1, 0.15) is 0 Å². The molecule has 1 aromatic carbocycles. The minimum absolute atomic E-state index is 0.00184. The lowest BCUT2D eigenvalue weighted by Gasteiger charge is -2.24. The standard InChI is InChI=1S/C13H22N2O2S2/c1-11(7-8-18-3)15(2)19(16,17)10-12-5-4-6-13(14)9-12/h4-6,9,11H,7-8,10,14H2,1-3H3. The first-order chi connectivity index (χ1) is 8.86. The van der Waals surface area contributed by atoms with Crippen molar-refractivity contribution in [3.63, 3.8) is 0 Å². The highest BCUT2D eigenvalue weighted by Crippen LogP contribution is 2.16. The first-order valence-corrected chi connectivity index (χ1v) is 9.16. The Kier molecular flexibility index (Phi) is 6.16. The molecule has 0 bridgehead atoms. The summed E-state index contributed by atoms with van der Waals surface area (Å²) in [4.78, 5) is 0. The number of benzene rings is 1. The van der Waals surface area contributed by atoms with E-state index in [9.17, 15) is 8.42 Å². The van der Waals surface area contributed by atoms with E-state index < -0.39 is 10.0 Å². The predicted octanol–water partition coefficient (Wildman–Crippen LogP) is 2.17. The van der Waals surface area contributed by atoms with Crippen molar-refractivity contribution in [1.82, 2.24) is 4.31 Å². The van der Waals surface area contributed by atoms with Crippen LogP contribution >= 0.6 is 11.8 Å². The molecule has 1 unspecified atom stereocenters. The quantitative estimate of drug-likeness (QED) is 0.784. The maximum absolute atomic E-state index is 12.3. The molecular formula is C13H22N2O2S2. The van der Waals surface area contributed by atoms with Crippen molar-refractivity contribution in [3.8, 4) is 0 Å². The number of rotatable bonds is 7. The summed E-state index contributed by atoms with van der Waals surface area (Å²) in [5, 5.41) is 0. The van der Waals surface area contributed by atoms with Gasteiger partial charge in [0, 0.05) is 18.8 Å². The van der Waals surface area contributed by atoms with Crippen LogP contribution in [-0.4, -0.2) is 37.8 Å². The third-order valence-corrected chi connectivity index (χ3v) is 5.68. The fourth-order valence-corrected chi connectivity index (χ4v) is 3.77. The molecule has 0 aromatic heterocycles. The molecule has 108 valence electrons. The second-order valence-electron chi connectivity index (χ2n) is 4.65. The molecule has 0 spiro atoms. The third kappa shape index (κ3) is 5.04. The molecule has 0 aliphatic rings. The van der Waals surface area contributed by atoms with E-state index in [2.05, 4.69) is 0 Å². The average Bonchev–Trinajstić information content (AvgIpc) is 2.34. The van der Waals surface area contributed by atoms with Crippen LogP contribution < -0.4 is 5.73 Å². The Hall–Kier alpha value is -0.720. The number of hydrogen-bond acceptors (Lipinski definition) is 4. The zero-order valence-corrected chi connectivity index (χ0v) is 13.3. The van der Waals surface area contributed by atoms with E-state index in [1.54, 1.807) is 43.1 Å². The van der Waals surface area contributed by atoms with Crippen molar-refractivity contribution in [3.05, 3.63) is 29.8 Å². The molecule has 6 heteroatoms. The van der Waals surface area contributed by atoms with E-state index in [-0.39, 0.29) is 11.8 Å². The summed E-state index contributed by atoms with van der Waals surface area (Å²) >= 11 is 1.73. The number of nitrogens with zero attached hydrogens (tertiary/aromatic N) is 1. The van der Waals surface area contributed by atoms with Crippen molar-refractivity contribution in [1.29, 1.82) is 0 Å². The van der Waals surface area contributed by atoms with Crippen LogP contribution in [0.3, 0.4) is 0 Å². The topological polar surface area (TPSA) is 63.4 Å². The maximum Gasteiger partial charge on any atom is 0.218 e. The molecule has 0 saturated heterocycles. The van der Waals surface area contributed by atoms with Crippen LogP contribution in [0.1, 0.15) is 18.9 Å². The maximum atomic E-state index is 12.3. The summed E-state index contributed by atoms with van der Waals surface area (Å²) < 4.78 is 26.1. The van der Waals surface area contributed by atoms with E-state index in [1.165, 1.54) is 4.31 Å². The molecule has 0 heterocycles. The van der Waals surface area contributed by atoms with Crippen molar-refractivity contribution in [2.75, 3.05) is 24.8 Å². The fourth-order valence-electron chi connectivity index (χ4n) is 1.74. The summed E-state index contributed by atoms with van der Waals surface area (Å²) in [5.41, 5.74) is 6.98. The summed E-state index contributed by atoms with van der Waals surface area (Å²) in [6.45, 7) is 1.94. The summed E-state index contributed by atoms with van der Waals surface area (Å²) in [6, 6.07) is 7.03. The molecule has 2 N–H and O–H groups in total. The monoisotopic (exact) mass is 302 g/mol. The van der Waals surface area contributed by atoms with E-state index in [1.807, 2.05) is 13.2 Å². The van der Waals surface area contributed by atoms with E-state index in [4.69, 9.17) is 5.73 Å². The zero-order chi connectivity index (χ0) is 14.5. The average molecular weight is 302 g/mol. The Balaban J connectivity index is 2.75. The molecular weight excluding hydrogens is 280 g/mol. The van der Waals surface area contributed by atoms with Gasteiger partial charge in [0.15, 0.2) is 0 Å². The minimum Gasteiger partial charge on any atom is -0.399 e. The van der Waals surface area contributed by atoms with Gasteiger partial charge in [-0.05, 0) is 43.0 Å². The van der Waals surface area contributed by atoms with Gasteiger partial charge in [-0.15, -0.1) is 0 Å². The number of thioether (sulfide) groups is 1. The molecule has 19 heavy (non-hydrogen) atoms. The normalized spacial score (nSPS) is 13.7. The highest BCUT2D eigenvalue weighted by atomic mass is 32.2. The van der Waals surface area contributed by atoms with Gasteiger partial charge in [0.05, 0.1) is 5.75 Å². The van der Waals surface area contributed by atoms with Gasteiger partial charge in [-0.25, -0.2) is 12.7 Å². The molecule has 0 saturated carbocycles. The smallest absolute Gasteiger partial charge is 0.218 e. The van der Waals surface area contributed by atoms with Crippen LogP contribution in [0.25, 0.3) is 0 Å². The number of sulfonamides is 1. The van der Waals surface area contributed by atoms with Crippen LogP contribution in [0.2, 0.25) is 0 Å². The Morgan fingerprint density at radius 3 is 2.68 bits per heavy atom. The van der Waals surface area contributed by atoms with Gasteiger partial charge in [-0.2, -0.15) is 11.8 Å². The fraction of sp³-hybridized carbons (Fsp3) is 0.538. The predicted molar refractivity (Wildman–Crippen MR) is 83.7 cm³/mol. The zero-order valence-electron chi connectivity index (χ0n) is 11.7. The van der Waals surface area contributed by atoms with Gasteiger partial charge in [0.25, 0.3) is 0 Å². The first-order valence-electron chi connectivity index (χ1n) is 6.16. The Bertz CT molecular complexity index is 503. The highest BCUT2D eigenvalue weighted by molar-refractivity contribution is 7.98. The lowest BCUT2D eigenvalue weighted by molar-refractivity contribution is 0.382. The molecule has 1 atom stereocenters. The summed E-state index contributed by atoms with van der Waals surface area (Å²) in [5.74, 6) is 0.956. The van der Waals surface area contributed by atoms with E-state index in [0.29, 0.717) is 5.69 Å². The second kappa shape index (κ2) is 7.17. The molecule has 0 aliphatic heterocycles. The Morgan fingerprint density at radius 2 is 2.11 bits per heavy atom. The second-order valence-corrected chi connectivity index (χ2v) is 7.66. The van der Waals surface area contributed by atoms with Gasteiger partial charge in [-0.1, -0.05) is 12.1 Å². The number of nitrogens with two attached hydrogens (primary N) is 1. The largest absolute Gasteiger partial charge is 0.399 e. The molecule has 1 aromatic rings. The minimum atomic E-state index is -3.29. The number of nitrogen functional groups attached to an aromatic ring is 1. The lowest BCUT2D eigenvalue weighted by Crippen LogP contribution is -2.36. The van der Waals surface area contributed by atoms with Crippen molar-refractivity contribution < 1.29 is 8.42 Å².